The average Bonchev–Trinajstić information content (AvgIpc) is 2.96. The van der Waals surface area contributed by atoms with Crippen molar-refractivity contribution in [1.82, 2.24) is 19.6 Å². The van der Waals surface area contributed by atoms with Crippen LogP contribution >= 0.6 is 11.6 Å². The second-order valence-electron chi connectivity index (χ2n) is 5.31. The van der Waals surface area contributed by atoms with E-state index in [9.17, 15) is 4.79 Å². The minimum atomic E-state index is -0.696. The minimum absolute atomic E-state index is 0.153. The van der Waals surface area contributed by atoms with Crippen molar-refractivity contribution in [1.29, 1.82) is 0 Å². The number of para-hydroxylation sites is 1. The summed E-state index contributed by atoms with van der Waals surface area (Å²) in [5.74, 6) is 0.792. The van der Waals surface area contributed by atoms with E-state index in [-0.39, 0.29) is 11.9 Å². The Labute approximate surface area is 143 Å². The number of aryl methyl sites for hydroxylation is 2. The summed E-state index contributed by atoms with van der Waals surface area (Å²) in [5, 5.41) is 7.36. The number of amides is 1. The third-order valence-electron chi connectivity index (χ3n) is 3.47. The van der Waals surface area contributed by atoms with Gasteiger partial charge in [0, 0.05) is 0 Å². The van der Waals surface area contributed by atoms with Gasteiger partial charge in [0.05, 0.1) is 16.4 Å². The van der Waals surface area contributed by atoms with Crippen LogP contribution in [0, 0.1) is 13.8 Å². The lowest BCUT2D eigenvalue weighted by Gasteiger charge is -2.13. The van der Waals surface area contributed by atoms with Gasteiger partial charge >= 0.3 is 0 Å². The van der Waals surface area contributed by atoms with E-state index in [1.54, 1.807) is 26.0 Å². The van der Waals surface area contributed by atoms with Gasteiger partial charge in [-0.05, 0) is 32.9 Å². The number of carbonyl (C=O) groups is 1. The normalized spacial score (nSPS) is 12.2. The summed E-state index contributed by atoms with van der Waals surface area (Å²) in [7, 11) is 0. The Morgan fingerprint density at radius 2 is 1.96 bits per heavy atom. The van der Waals surface area contributed by atoms with E-state index in [1.807, 2.05) is 25.1 Å². The highest BCUT2D eigenvalue weighted by Crippen LogP contribution is 2.19. The van der Waals surface area contributed by atoms with E-state index in [4.69, 9.17) is 16.3 Å². The second kappa shape index (κ2) is 6.45. The molecule has 3 aromatic rings. The van der Waals surface area contributed by atoms with Crippen LogP contribution in [0.15, 0.2) is 30.3 Å². The highest BCUT2D eigenvalue weighted by molar-refractivity contribution is 6.31. The zero-order chi connectivity index (χ0) is 17.3. The molecular weight excluding hydrogens is 330 g/mol. The summed E-state index contributed by atoms with van der Waals surface area (Å²) < 4.78 is 7.07. The first kappa shape index (κ1) is 16.2. The predicted octanol–water partition coefficient (Wildman–Crippen LogP) is 2.80. The Balaban J connectivity index is 1.77. The lowest BCUT2D eigenvalue weighted by molar-refractivity contribution is -0.122. The van der Waals surface area contributed by atoms with E-state index >= 15 is 0 Å². The van der Waals surface area contributed by atoms with Crippen molar-refractivity contribution in [2.24, 2.45) is 0 Å². The minimum Gasteiger partial charge on any atom is -0.481 e. The van der Waals surface area contributed by atoms with Gasteiger partial charge in [-0.15, -0.1) is 5.10 Å². The standard InChI is InChI=1S/C16H16ClN5O2/c1-9-13(17)10(2)22-16(18-9)20-15(21-22)19-14(23)11(3)24-12-7-5-4-6-8-12/h4-8,11H,1-3H3,(H,19,21,23). The molecule has 1 unspecified atom stereocenters. The molecule has 0 aliphatic carbocycles. The van der Waals surface area contributed by atoms with E-state index < -0.39 is 6.10 Å². The number of carbonyl (C=O) groups excluding carboxylic acids is 1. The molecule has 1 aromatic carbocycles. The number of benzene rings is 1. The van der Waals surface area contributed by atoms with Crippen LogP contribution < -0.4 is 10.1 Å². The van der Waals surface area contributed by atoms with E-state index in [1.165, 1.54) is 4.52 Å². The maximum Gasteiger partial charge on any atom is 0.267 e. The van der Waals surface area contributed by atoms with Gasteiger partial charge < -0.3 is 4.74 Å². The van der Waals surface area contributed by atoms with Crippen LogP contribution in [-0.2, 0) is 4.79 Å². The summed E-state index contributed by atoms with van der Waals surface area (Å²) >= 11 is 6.15. The number of aromatic nitrogens is 4. The van der Waals surface area contributed by atoms with Gasteiger partial charge in [0.2, 0.25) is 0 Å². The first-order valence-electron chi connectivity index (χ1n) is 7.37. The molecule has 0 spiro atoms. The first-order chi connectivity index (χ1) is 11.5. The average molecular weight is 346 g/mol. The molecule has 2 aromatic heterocycles. The number of nitrogens with one attached hydrogen (secondary N) is 1. The SMILES string of the molecule is Cc1nc2nc(NC(=O)C(C)Oc3ccccc3)nn2c(C)c1Cl. The van der Waals surface area contributed by atoms with E-state index in [0.717, 1.165) is 0 Å². The number of rotatable bonds is 4. The van der Waals surface area contributed by atoms with Crippen molar-refractivity contribution in [2.75, 3.05) is 5.32 Å². The molecule has 1 amide bonds. The van der Waals surface area contributed by atoms with Gasteiger partial charge in [0.25, 0.3) is 17.6 Å². The summed E-state index contributed by atoms with van der Waals surface area (Å²) in [6.45, 7) is 5.26. The molecule has 24 heavy (non-hydrogen) atoms. The van der Waals surface area contributed by atoms with Crippen LogP contribution in [0.3, 0.4) is 0 Å². The van der Waals surface area contributed by atoms with Crippen LogP contribution in [0.2, 0.25) is 5.02 Å². The smallest absolute Gasteiger partial charge is 0.267 e. The zero-order valence-electron chi connectivity index (χ0n) is 13.4. The van der Waals surface area contributed by atoms with Gasteiger partial charge in [0.1, 0.15) is 5.75 Å². The molecule has 0 radical (unpaired) electrons. The predicted molar refractivity (Wildman–Crippen MR) is 90.4 cm³/mol. The number of hydrogen-bond acceptors (Lipinski definition) is 5. The first-order valence-corrected chi connectivity index (χ1v) is 7.75. The highest BCUT2D eigenvalue weighted by Gasteiger charge is 2.18. The van der Waals surface area contributed by atoms with Gasteiger partial charge in [-0.25, -0.2) is 4.98 Å². The molecule has 7 nitrogen and oxygen atoms in total. The molecule has 0 saturated carbocycles. The molecule has 3 rings (SSSR count). The summed E-state index contributed by atoms with van der Waals surface area (Å²) in [4.78, 5) is 20.7. The van der Waals surface area contributed by atoms with Crippen LogP contribution in [0.5, 0.6) is 5.75 Å². The van der Waals surface area contributed by atoms with Gasteiger partial charge in [-0.1, -0.05) is 29.8 Å². The Hall–Kier alpha value is -2.67. The summed E-state index contributed by atoms with van der Waals surface area (Å²) in [5.41, 5.74) is 1.37. The second-order valence-corrected chi connectivity index (χ2v) is 5.68. The van der Waals surface area contributed by atoms with Crippen LogP contribution in [0.4, 0.5) is 5.95 Å². The number of nitrogens with zero attached hydrogens (tertiary/aromatic N) is 4. The van der Waals surface area contributed by atoms with Crippen molar-refractivity contribution >= 4 is 29.2 Å². The Morgan fingerprint density at radius 1 is 1.25 bits per heavy atom. The molecule has 0 saturated heterocycles. The van der Waals surface area contributed by atoms with Crippen molar-refractivity contribution < 1.29 is 9.53 Å². The van der Waals surface area contributed by atoms with Crippen LogP contribution in [0.1, 0.15) is 18.3 Å². The molecule has 8 heteroatoms. The molecule has 0 aliphatic rings. The van der Waals surface area contributed by atoms with Crippen molar-refractivity contribution in [2.45, 2.75) is 26.9 Å². The zero-order valence-corrected chi connectivity index (χ0v) is 14.2. The molecular formula is C16H16ClN5O2. The number of anilines is 1. The van der Waals surface area contributed by atoms with E-state index in [2.05, 4.69) is 20.4 Å². The lowest BCUT2D eigenvalue weighted by atomic mass is 10.3. The number of halogens is 1. The fourth-order valence-electron chi connectivity index (χ4n) is 2.18. The van der Waals surface area contributed by atoms with Gasteiger partial charge in [0.15, 0.2) is 6.10 Å². The fraction of sp³-hybridized carbons (Fsp3) is 0.250. The molecule has 0 bridgehead atoms. The third kappa shape index (κ3) is 3.16. The molecule has 1 N–H and O–H groups in total. The van der Waals surface area contributed by atoms with Crippen molar-refractivity contribution in [3.8, 4) is 5.75 Å². The number of fused-ring (bicyclic) bond motifs is 1. The number of ether oxygens (including phenoxy) is 1. The Morgan fingerprint density at radius 3 is 2.67 bits per heavy atom. The van der Waals surface area contributed by atoms with Crippen LogP contribution in [0.25, 0.3) is 5.78 Å². The highest BCUT2D eigenvalue weighted by atomic mass is 35.5. The topological polar surface area (TPSA) is 81.4 Å². The lowest BCUT2D eigenvalue weighted by Crippen LogP contribution is -2.30. The van der Waals surface area contributed by atoms with Gasteiger partial charge in [-0.2, -0.15) is 9.50 Å². The number of hydrogen-bond donors (Lipinski definition) is 1. The maximum atomic E-state index is 12.2. The molecule has 0 fully saturated rings. The third-order valence-corrected chi connectivity index (χ3v) is 4.02. The summed E-state index contributed by atoms with van der Waals surface area (Å²) in [6.07, 6.45) is -0.696. The van der Waals surface area contributed by atoms with Gasteiger partial charge in [-0.3, -0.25) is 10.1 Å². The fourth-order valence-corrected chi connectivity index (χ4v) is 2.30. The largest absolute Gasteiger partial charge is 0.481 e. The molecule has 1 atom stereocenters. The monoisotopic (exact) mass is 345 g/mol. The Bertz CT molecular complexity index is 894. The van der Waals surface area contributed by atoms with Crippen LogP contribution in [-0.4, -0.2) is 31.6 Å². The van der Waals surface area contributed by atoms with E-state index in [0.29, 0.717) is 27.9 Å². The summed E-state index contributed by atoms with van der Waals surface area (Å²) in [6, 6.07) is 9.12. The molecule has 124 valence electrons. The maximum absolute atomic E-state index is 12.2. The Kier molecular flexibility index (Phi) is 4.35. The van der Waals surface area contributed by atoms with Crippen molar-refractivity contribution in [3.63, 3.8) is 0 Å². The quantitative estimate of drug-likeness (QED) is 0.786. The molecule has 0 aliphatic heterocycles. The van der Waals surface area contributed by atoms with Crippen molar-refractivity contribution in [3.05, 3.63) is 46.7 Å². The molecule has 2 heterocycles.